The first-order chi connectivity index (χ1) is 14.9. The van der Waals surface area contributed by atoms with Crippen LogP contribution in [-0.4, -0.2) is 53.1 Å². The van der Waals surface area contributed by atoms with Gasteiger partial charge in [0.2, 0.25) is 11.8 Å². The minimum atomic E-state index is -2.77. The Bertz CT molecular complexity index is 847. The fourth-order valence-electron chi connectivity index (χ4n) is 4.36. The van der Waals surface area contributed by atoms with Gasteiger partial charge in [-0.2, -0.15) is 0 Å². The number of hydrogen-bond acceptors (Lipinski definition) is 3. The number of anilines is 1. The van der Waals surface area contributed by atoms with Crippen molar-refractivity contribution in [3.8, 4) is 0 Å². The minimum absolute atomic E-state index is 0.0886. The second-order valence-corrected chi connectivity index (χ2v) is 9.94. The normalized spacial score (nSPS) is 22.5. The summed E-state index contributed by atoms with van der Waals surface area (Å²) in [4.78, 5) is 27.1. The molecule has 32 heavy (non-hydrogen) atoms. The minimum Gasteiger partial charge on any atom is -0.391 e. The van der Waals surface area contributed by atoms with E-state index in [0.717, 1.165) is 0 Å². The molecule has 1 aromatic rings. The second kappa shape index (κ2) is 9.29. The van der Waals surface area contributed by atoms with Crippen LogP contribution < -0.4 is 10.6 Å². The maximum Gasteiger partial charge on any atom is 0.318 e. The van der Waals surface area contributed by atoms with Crippen LogP contribution >= 0.6 is 0 Å². The highest BCUT2D eigenvalue weighted by Gasteiger charge is 2.41. The molecule has 2 atom stereocenters. The Balaban J connectivity index is 1.75. The van der Waals surface area contributed by atoms with Crippen molar-refractivity contribution in [2.45, 2.75) is 76.4 Å². The molecule has 0 radical (unpaired) electrons. The third-order valence-corrected chi connectivity index (χ3v) is 6.29. The molecule has 1 aliphatic carbocycles. The molecule has 3 N–H and O–H groups in total. The SMILES string of the molecule is CC(C)(C)c1ccc(NC(=O)[C@H](NC(=O)N2CCC(O)C2)C2CCC(F)(F)CC2)cc1F. The summed E-state index contributed by atoms with van der Waals surface area (Å²) in [6.07, 6.45) is -0.704. The third kappa shape index (κ3) is 5.94. The van der Waals surface area contributed by atoms with E-state index in [1.165, 1.54) is 11.0 Å². The van der Waals surface area contributed by atoms with Crippen LogP contribution in [0.25, 0.3) is 0 Å². The Morgan fingerprint density at radius 3 is 2.38 bits per heavy atom. The van der Waals surface area contributed by atoms with Crippen molar-refractivity contribution in [3.05, 3.63) is 29.6 Å². The molecule has 0 bridgehead atoms. The van der Waals surface area contributed by atoms with Crippen LogP contribution in [0.5, 0.6) is 0 Å². The third-order valence-electron chi connectivity index (χ3n) is 6.29. The number of likely N-dealkylation sites (tertiary alicyclic amines) is 1. The van der Waals surface area contributed by atoms with Gasteiger partial charge in [0, 0.05) is 31.6 Å². The molecule has 9 heteroatoms. The van der Waals surface area contributed by atoms with Crippen LogP contribution in [0, 0.1) is 11.7 Å². The van der Waals surface area contributed by atoms with Gasteiger partial charge in [-0.05, 0) is 48.3 Å². The summed E-state index contributed by atoms with van der Waals surface area (Å²) in [5.41, 5.74) is 0.330. The van der Waals surface area contributed by atoms with E-state index in [1.807, 2.05) is 20.8 Å². The van der Waals surface area contributed by atoms with Gasteiger partial charge in [0.1, 0.15) is 11.9 Å². The maximum absolute atomic E-state index is 14.6. The number of carbonyl (C=O) groups is 2. The predicted octanol–water partition coefficient (Wildman–Crippen LogP) is 4.03. The average molecular weight is 456 g/mol. The summed E-state index contributed by atoms with van der Waals surface area (Å²) in [6, 6.07) is 2.86. The van der Waals surface area contributed by atoms with Crippen LogP contribution in [0.3, 0.4) is 0 Å². The molecule has 1 saturated heterocycles. The largest absolute Gasteiger partial charge is 0.391 e. The number of aliphatic hydroxyl groups is 1. The maximum atomic E-state index is 14.6. The van der Waals surface area contributed by atoms with E-state index in [4.69, 9.17) is 0 Å². The Morgan fingerprint density at radius 1 is 1.19 bits per heavy atom. The molecule has 0 spiro atoms. The number of alkyl halides is 2. The Hall–Kier alpha value is -2.29. The number of β-amino-alcohol motifs (C(OH)–C–C–N with tert-alkyl or cyclic N) is 1. The van der Waals surface area contributed by atoms with Crippen LogP contribution in [-0.2, 0) is 10.2 Å². The number of amides is 3. The Labute approximate surface area is 186 Å². The molecule has 2 aliphatic rings. The second-order valence-electron chi connectivity index (χ2n) is 9.94. The van der Waals surface area contributed by atoms with Gasteiger partial charge in [-0.3, -0.25) is 4.79 Å². The fraction of sp³-hybridized carbons (Fsp3) is 0.652. The number of nitrogens with one attached hydrogen (secondary N) is 2. The molecular weight excluding hydrogens is 423 g/mol. The van der Waals surface area contributed by atoms with Crippen molar-refractivity contribution >= 4 is 17.6 Å². The van der Waals surface area contributed by atoms with E-state index < -0.39 is 47.2 Å². The van der Waals surface area contributed by atoms with E-state index in [9.17, 15) is 27.9 Å². The number of carbonyl (C=O) groups excluding carboxylic acids is 2. The highest BCUT2D eigenvalue weighted by atomic mass is 19.3. The summed E-state index contributed by atoms with van der Waals surface area (Å²) in [5.74, 6) is -4.27. The van der Waals surface area contributed by atoms with E-state index in [0.29, 0.717) is 18.5 Å². The molecule has 1 unspecified atom stereocenters. The predicted molar refractivity (Wildman–Crippen MR) is 115 cm³/mol. The number of benzene rings is 1. The van der Waals surface area contributed by atoms with Crippen molar-refractivity contribution in [2.75, 3.05) is 18.4 Å². The molecular formula is C23H32F3N3O3. The Morgan fingerprint density at radius 2 is 1.84 bits per heavy atom. The Kier molecular flexibility index (Phi) is 7.07. The summed E-state index contributed by atoms with van der Waals surface area (Å²) in [5, 5.41) is 15.0. The monoisotopic (exact) mass is 455 g/mol. The van der Waals surface area contributed by atoms with E-state index in [-0.39, 0.29) is 37.9 Å². The van der Waals surface area contributed by atoms with Gasteiger partial charge in [-0.25, -0.2) is 18.0 Å². The van der Waals surface area contributed by atoms with Gasteiger partial charge in [0.25, 0.3) is 0 Å². The van der Waals surface area contributed by atoms with Crippen LogP contribution in [0.15, 0.2) is 18.2 Å². The molecule has 3 amide bonds. The summed E-state index contributed by atoms with van der Waals surface area (Å²) in [7, 11) is 0. The highest BCUT2D eigenvalue weighted by molar-refractivity contribution is 5.97. The standard InChI is InChI=1S/C23H32F3N3O3/c1-22(2,3)17-5-4-15(12-18(17)24)27-20(31)19(14-6-9-23(25,26)10-7-14)28-21(32)29-11-8-16(30)13-29/h4-5,12,14,16,19,30H,6-11,13H2,1-3H3,(H,27,31)(H,28,32)/t16?,19-/m1/s1. The molecule has 0 aromatic heterocycles. The molecule has 178 valence electrons. The summed E-state index contributed by atoms with van der Waals surface area (Å²) in [6.45, 7) is 6.14. The van der Waals surface area contributed by atoms with Crippen LogP contribution in [0.2, 0.25) is 0 Å². The molecule has 1 aromatic carbocycles. The molecule has 1 heterocycles. The quantitative estimate of drug-likeness (QED) is 0.641. The van der Waals surface area contributed by atoms with Crippen LogP contribution in [0.4, 0.5) is 23.7 Å². The van der Waals surface area contributed by atoms with Gasteiger partial charge in [0.15, 0.2) is 0 Å². The van der Waals surface area contributed by atoms with Crippen molar-refractivity contribution in [1.82, 2.24) is 10.2 Å². The van der Waals surface area contributed by atoms with Crippen molar-refractivity contribution in [1.29, 1.82) is 0 Å². The number of urea groups is 1. The smallest absolute Gasteiger partial charge is 0.318 e. The molecule has 1 saturated carbocycles. The van der Waals surface area contributed by atoms with Gasteiger partial charge < -0.3 is 20.6 Å². The lowest BCUT2D eigenvalue weighted by atomic mass is 9.81. The van der Waals surface area contributed by atoms with Gasteiger partial charge in [-0.15, -0.1) is 0 Å². The first-order valence-electron chi connectivity index (χ1n) is 11.1. The lowest BCUT2D eigenvalue weighted by Gasteiger charge is -2.34. The topological polar surface area (TPSA) is 81.7 Å². The first kappa shape index (κ1) is 24.4. The average Bonchev–Trinajstić information content (AvgIpc) is 3.12. The number of halogens is 3. The molecule has 1 aliphatic heterocycles. The lowest BCUT2D eigenvalue weighted by molar-refractivity contribution is -0.121. The summed E-state index contributed by atoms with van der Waals surface area (Å²) < 4.78 is 41.9. The van der Waals surface area contributed by atoms with E-state index >= 15 is 0 Å². The van der Waals surface area contributed by atoms with E-state index in [1.54, 1.807) is 12.1 Å². The zero-order chi connectivity index (χ0) is 23.7. The summed E-state index contributed by atoms with van der Waals surface area (Å²) >= 11 is 0. The van der Waals surface area contributed by atoms with E-state index in [2.05, 4.69) is 10.6 Å². The molecule has 3 rings (SSSR count). The first-order valence-corrected chi connectivity index (χ1v) is 11.1. The van der Waals surface area contributed by atoms with Gasteiger partial charge in [-0.1, -0.05) is 26.8 Å². The molecule has 2 fully saturated rings. The number of aliphatic hydroxyl groups excluding tert-OH is 1. The molecule has 6 nitrogen and oxygen atoms in total. The number of hydrogen-bond donors (Lipinski definition) is 3. The lowest BCUT2D eigenvalue weighted by Crippen LogP contribution is -2.53. The number of rotatable bonds is 4. The van der Waals surface area contributed by atoms with Gasteiger partial charge in [0.05, 0.1) is 6.10 Å². The fourth-order valence-corrected chi connectivity index (χ4v) is 4.36. The zero-order valence-electron chi connectivity index (χ0n) is 18.8. The van der Waals surface area contributed by atoms with Crippen LogP contribution in [0.1, 0.15) is 58.4 Å². The highest BCUT2D eigenvalue weighted by Crippen LogP contribution is 2.38. The van der Waals surface area contributed by atoms with Crippen molar-refractivity contribution in [2.24, 2.45) is 5.92 Å². The number of nitrogens with zero attached hydrogens (tertiary/aromatic N) is 1. The zero-order valence-corrected chi connectivity index (χ0v) is 18.8. The van der Waals surface area contributed by atoms with Crippen molar-refractivity contribution in [3.63, 3.8) is 0 Å². The van der Waals surface area contributed by atoms with Gasteiger partial charge >= 0.3 is 6.03 Å². The van der Waals surface area contributed by atoms with Crippen molar-refractivity contribution < 1.29 is 27.9 Å².